The zero-order chi connectivity index (χ0) is 72.3. The van der Waals surface area contributed by atoms with Crippen LogP contribution in [0, 0.1) is 10.8 Å². The Morgan fingerprint density at radius 1 is 0.400 bits per heavy atom. The smallest absolute Gasteiger partial charge is 0.161 e. The Morgan fingerprint density at radius 3 is 0.733 bits per heavy atom. The van der Waals surface area contributed by atoms with E-state index >= 15 is 0 Å². The maximum atomic E-state index is 11.0. The average Bonchev–Trinajstić information content (AvgIpc) is 4.28. The molecular formula is C62H127F21NO5Rf-. The van der Waals surface area contributed by atoms with Crippen molar-refractivity contribution in [3.8, 4) is 0 Å². The van der Waals surface area contributed by atoms with Crippen LogP contribution in [-0.2, 0) is 23.8 Å². The number of hydrogen-bond donors (Lipinski definition) is 0. The third-order valence-corrected chi connectivity index (χ3v) is 9.25. The van der Waals surface area contributed by atoms with Gasteiger partial charge in [-0.05, 0) is 91.9 Å². The molecule has 560 valence electrons. The zero-order valence-electron chi connectivity index (χ0n) is 58.7. The van der Waals surface area contributed by atoms with E-state index in [0.717, 1.165) is 62.2 Å². The van der Waals surface area contributed by atoms with Crippen LogP contribution < -0.4 is 0 Å². The summed E-state index contributed by atoms with van der Waals surface area (Å²) >= 11 is 0. The molecule has 0 radical (unpaired) electrons. The maximum Gasteiger partial charge on any atom is 0.161 e. The molecule has 0 bridgehead atoms. The van der Waals surface area contributed by atoms with Crippen LogP contribution in [0.1, 0.15) is 283 Å². The van der Waals surface area contributed by atoms with E-state index in [2.05, 4.69) is 177 Å². The minimum Gasteiger partial charge on any atom is -0.653 e. The summed E-state index contributed by atoms with van der Waals surface area (Å²) in [6.45, 7) is 70.8. The number of nitrogens with zero attached hydrogens (tertiary/aromatic N) is 1. The molecule has 0 amide bonds. The van der Waals surface area contributed by atoms with Crippen molar-refractivity contribution in [1.29, 1.82) is 0 Å². The van der Waals surface area contributed by atoms with E-state index in [-0.39, 0.29) is 55.1 Å². The first-order chi connectivity index (χ1) is 39.5. The number of halogens is 21. The summed E-state index contributed by atoms with van der Waals surface area (Å²) in [7, 11) is 0. The SMILES string of the molecule is C.C=C1CC(=O)C(C)(C)C1.C=C1CCC(C)(C)C1.C=C1CCC(C)(C)O1.C=C1CCC(C)(C)O1.C=C1C[N-]C(C)(C)C1.CC1(C)CC(=O)CO1.CCC.CCC.CCC.CCC.CCC.CCC.F.F.F.FF.FF.FF.FF.FF.FF.FF.FF.FF.[Rf]. The van der Waals surface area contributed by atoms with Crippen molar-refractivity contribution in [1.82, 2.24) is 0 Å². The van der Waals surface area contributed by atoms with Gasteiger partial charge in [-0.3, -0.25) is 23.7 Å². The van der Waals surface area contributed by atoms with Crippen LogP contribution in [-0.4, -0.2) is 47.1 Å². The van der Waals surface area contributed by atoms with E-state index in [4.69, 9.17) is 96.5 Å². The van der Waals surface area contributed by atoms with Gasteiger partial charge in [-0.25, -0.2) is 0 Å². The molecule has 0 atom stereocenters. The number of Topliss-reactive ketones (excluding diaryl/α,β-unsaturated/α-hetero) is 2. The van der Waals surface area contributed by atoms with Crippen LogP contribution in [0.2, 0.25) is 0 Å². The molecule has 0 aromatic carbocycles. The van der Waals surface area contributed by atoms with Gasteiger partial charge in [0.1, 0.15) is 23.6 Å². The zero-order valence-corrected chi connectivity index (χ0v) is 65.1. The van der Waals surface area contributed by atoms with Crippen LogP contribution in [0.15, 0.2) is 61.1 Å². The molecule has 6 rings (SSSR count). The Morgan fingerprint density at radius 2 is 0.678 bits per heavy atom. The molecule has 2 saturated carbocycles. The van der Waals surface area contributed by atoms with Crippen LogP contribution >= 0.6 is 0 Å². The van der Waals surface area contributed by atoms with Gasteiger partial charge in [-0.1, -0.05) is 214 Å². The van der Waals surface area contributed by atoms with Gasteiger partial charge >= 0.3 is 0 Å². The van der Waals surface area contributed by atoms with E-state index in [9.17, 15) is 9.59 Å². The monoisotopic (exact) mass is 1630 g/mol. The van der Waals surface area contributed by atoms with Gasteiger partial charge in [0, 0.05) is 113 Å². The standard InChI is InChI=1S/C8H12O.C8H14.C7H12N.2C7H12O.C6H10O2.6C3H8.CH4.9F2.3FH.Rf/c1-6-4-7(9)8(2,3)5-6;1-7-4-5-8(2,3)6-7;1-6-4-7(2,3)8-5-6;2*1-6-4-5-7(2,3)8-6;1-6(2)3-5(7)4-8-6;6*1-3-2;;9*1-2;;;;/h1,4-5H2,2-3H3;1,4-6H2,2-3H3;3*1,4-5H2,2-3H3;3-4H2,1-2H3;6*3H2,1-2H3;1H4;;;;;;;;;;3*1H;/q;;-1;;;;;;;;;;;;;;;;;;;;;;;. The Kier molecular flexibility index (Phi) is 162. The fourth-order valence-corrected chi connectivity index (χ4v) is 6.39. The summed E-state index contributed by atoms with van der Waals surface area (Å²) in [6, 6.07) is 0. The molecule has 6 nitrogen and oxygen atoms in total. The number of carbonyl (C=O) groups is 2. The second kappa shape index (κ2) is 103. The summed E-state index contributed by atoms with van der Waals surface area (Å²) in [5.74, 6) is 2.44. The van der Waals surface area contributed by atoms with Crippen LogP contribution in [0.4, 0.5) is 96.4 Å². The Bertz CT molecular complexity index is 1210. The number of hydrogen-bond acceptors (Lipinski definition) is 5. The number of carbonyl (C=O) groups excluding carboxylic acids is 2. The van der Waals surface area contributed by atoms with Gasteiger partial charge in [0.2, 0.25) is 0 Å². The molecule has 90 heavy (non-hydrogen) atoms. The summed E-state index contributed by atoms with van der Waals surface area (Å²) < 4.78 is 160. The van der Waals surface area contributed by atoms with E-state index in [1.807, 2.05) is 27.7 Å². The van der Waals surface area contributed by atoms with E-state index < -0.39 is 0 Å². The first-order valence-corrected chi connectivity index (χ1v) is 27.9. The van der Waals surface area contributed by atoms with Gasteiger partial charge in [0.25, 0.3) is 0 Å². The summed E-state index contributed by atoms with van der Waals surface area (Å²) in [4.78, 5) is 21.6. The topological polar surface area (TPSA) is 75.9 Å². The second-order valence-electron chi connectivity index (χ2n) is 22.9. The van der Waals surface area contributed by atoms with Gasteiger partial charge in [0.05, 0.1) is 17.1 Å². The maximum absolute atomic E-state index is 11.0. The number of rotatable bonds is 0. The van der Waals surface area contributed by atoms with Crippen molar-refractivity contribution in [3.63, 3.8) is 0 Å². The van der Waals surface area contributed by atoms with Crippen molar-refractivity contribution in [3.05, 3.63) is 66.4 Å². The van der Waals surface area contributed by atoms with Crippen LogP contribution in [0.25, 0.3) is 5.32 Å². The molecule has 0 aromatic heterocycles. The van der Waals surface area contributed by atoms with Crippen LogP contribution in [0.3, 0.4) is 0 Å². The Balaban J connectivity index is -0.0000000326. The fourth-order valence-electron chi connectivity index (χ4n) is 6.39. The van der Waals surface area contributed by atoms with Gasteiger partial charge in [-0.15, -0.1) is 18.7 Å². The molecule has 4 saturated heterocycles. The molecule has 4 heterocycles. The fraction of sp³-hybridized carbons (Fsp3) is 0.806. The molecular weight excluding hydrogens is 1500 g/mol. The van der Waals surface area contributed by atoms with Gasteiger partial charge in [-0.2, -0.15) is 0 Å². The summed E-state index contributed by atoms with van der Waals surface area (Å²) in [5, 5.41) is 4.35. The first kappa shape index (κ1) is 142. The predicted molar refractivity (Wildman–Crippen MR) is 337 cm³/mol. The first-order valence-electron chi connectivity index (χ1n) is 27.9. The summed E-state index contributed by atoms with van der Waals surface area (Å²) in [6.07, 6.45) is 18.8. The summed E-state index contributed by atoms with van der Waals surface area (Å²) in [5.41, 5.74) is 4.39. The van der Waals surface area contributed by atoms with Crippen molar-refractivity contribution in [2.24, 2.45) is 10.8 Å². The van der Waals surface area contributed by atoms with E-state index in [0.29, 0.717) is 30.6 Å². The molecule has 28 heteroatoms. The van der Waals surface area contributed by atoms with Crippen molar-refractivity contribution in [2.75, 3.05) is 13.2 Å². The van der Waals surface area contributed by atoms with Crippen molar-refractivity contribution >= 4 is 11.6 Å². The molecule has 6 fully saturated rings. The average molecular weight is 1630 g/mol. The molecule has 0 N–H and O–H groups in total. The molecule has 2 aliphatic carbocycles. The van der Waals surface area contributed by atoms with Gasteiger partial charge in [0.15, 0.2) is 5.78 Å². The largest absolute Gasteiger partial charge is 0.653 e. The number of ether oxygens (including phenoxy) is 3. The Hall–Kier alpha value is -4.91. The van der Waals surface area contributed by atoms with Crippen LogP contribution in [0.5, 0.6) is 0 Å². The predicted octanol–water partition coefficient (Wildman–Crippen LogP) is 28.9. The van der Waals surface area contributed by atoms with E-state index in [1.54, 1.807) is 0 Å². The second-order valence-corrected chi connectivity index (χ2v) is 22.9. The minimum atomic E-state index is -0.183. The number of ketones is 2. The van der Waals surface area contributed by atoms with E-state index in [1.165, 1.54) is 68.9 Å². The third-order valence-electron chi connectivity index (χ3n) is 9.25. The molecule has 0 aromatic rings. The molecule has 6 aliphatic rings. The number of allylic oxidation sites excluding steroid dienone is 4. The molecule has 0 spiro atoms. The Labute approximate surface area is 526 Å². The van der Waals surface area contributed by atoms with Crippen molar-refractivity contribution < 1.29 is 120 Å². The minimum absolute atomic E-state index is 0. The molecule has 0 unspecified atom stereocenters. The normalized spacial score (nSPS) is 15.9. The third kappa shape index (κ3) is 132. The van der Waals surface area contributed by atoms with Gasteiger partial charge < -0.3 is 19.5 Å². The quantitative estimate of drug-likeness (QED) is 0.178. The molecule has 4 aliphatic heterocycles. The van der Waals surface area contributed by atoms with Crippen molar-refractivity contribution in [2.45, 2.75) is 305 Å².